The number of ether oxygens (including phenoxy) is 1. The monoisotopic (exact) mass is 435 g/mol. The first-order chi connectivity index (χ1) is 12.5. The Morgan fingerprint density at radius 3 is 2.81 bits per heavy atom. The van der Waals surface area contributed by atoms with Crippen molar-refractivity contribution < 1.29 is 14.6 Å². The quantitative estimate of drug-likeness (QED) is 0.539. The van der Waals surface area contributed by atoms with E-state index in [1.807, 2.05) is 19.1 Å². The van der Waals surface area contributed by atoms with Crippen LogP contribution in [0.3, 0.4) is 0 Å². The lowest BCUT2D eigenvalue weighted by atomic mass is 10.2. The lowest BCUT2D eigenvalue weighted by Crippen LogP contribution is -2.08. The number of para-hydroxylation sites is 1. The van der Waals surface area contributed by atoms with E-state index >= 15 is 0 Å². The van der Waals surface area contributed by atoms with E-state index in [4.69, 9.17) is 16.3 Å². The van der Waals surface area contributed by atoms with Gasteiger partial charge in [0.1, 0.15) is 5.75 Å². The minimum atomic E-state index is -0.570. The Morgan fingerprint density at radius 1 is 1.31 bits per heavy atom. The van der Waals surface area contributed by atoms with Gasteiger partial charge in [0, 0.05) is 17.0 Å². The molecule has 1 aromatic heterocycles. The van der Waals surface area contributed by atoms with Crippen molar-refractivity contribution in [1.29, 1.82) is 0 Å². The second-order valence-electron chi connectivity index (χ2n) is 5.39. The number of aryl methyl sites for hydroxylation is 1. The van der Waals surface area contributed by atoms with E-state index in [2.05, 4.69) is 26.2 Å². The van der Waals surface area contributed by atoms with Crippen LogP contribution in [-0.4, -0.2) is 22.2 Å². The number of hydrogen-bond acceptors (Lipinski definition) is 4. The van der Waals surface area contributed by atoms with Crippen molar-refractivity contribution in [3.8, 4) is 11.6 Å². The minimum Gasteiger partial charge on any atom is -0.493 e. The van der Waals surface area contributed by atoms with Crippen LogP contribution in [-0.2, 0) is 11.3 Å². The molecule has 134 valence electrons. The van der Waals surface area contributed by atoms with Gasteiger partial charge in [-0.1, -0.05) is 23.7 Å². The predicted molar refractivity (Wildman–Crippen MR) is 103 cm³/mol. The number of rotatable bonds is 5. The Kier molecular flexibility index (Phi) is 5.58. The fourth-order valence-corrected chi connectivity index (χ4v) is 3.12. The number of aromatic nitrogens is 1. The number of benzene rings is 2. The van der Waals surface area contributed by atoms with Crippen LogP contribution in [0, 0.1) is 0 Å². The first-order valence-corrected chi connectivity index (χ1v) is 9.01. The number of halogens is 2. The molecule has 0 atom stereocenters. The summed E-state index contributed by atoms with van der Waals surface area (Å²) in [5.41, 5.74) is 0.971. The molecule has 0 aliphatic carbocycles. The Morgan fingerprint density at radius 2 is 2.08 bits per heavy atom. The van der Waals surface area contributed by atoms with Crippen molar-refractivity contribution >= 4 is 50.0 Å². The van der Waals surface area contributed by atoms with Crippen molar-refractivity contribution in [2.45, 2.75) is 13.5 Å². The van der Waals surface area contributed by atoms with Crippen molar-refractivity contribution in [2.24, 2.45) is 10.2 Å². The molecular weight excluding hydrogens is 422 g/mol. The van der Waals surface area contributed by atoms with Gasteiger partial charge in [0.25, 0.3) is 0 Å². The maximum atomic E-state index is 12.0. The van der Waals surface area contributed by atoms with E-state index in [1.165, 1.54) is 0 Å². The molecule has 0 fully saturated rings. The zero-order valence-corrected chi connectivity index (χ0v) is 16.2. The molecule has 0 spiro atoms. The number of nitrogens with zero attached hydrogens (tertiary/aromatic N) is 3. The van der Waals surface area contributed by atoms with E-state index in [1.54, 1.807) is 34.9 Å². The van der Waals surface area contributed by atoms with Gasteiger partial charge in [0.15, 0.2) is 12.3 Å². The van der Waals surface area contributed by atoms with Gasteiger partial charge < -0.3 is 14.4 Å². The number of azo groups is 1. The van der Waals surface area contributed by atoms with Crippen LogP contribution in [0.1, 0.15) is 6.92 Å². The van der Waals surface area contributed by atoms with Gasteiger partial charge in [-0.3, -0.25) is 4.79 Å². The maximum absolute atomic E-state index is 12.0. The van der Waals surface area contributed by atoms with Crippen LogP contribution in [0.5, 0.6) is 11.6 Å². The smallest absolute Gasteiger partial charge is 0.302 e. The van der Waals surface area contributed by atoms with Crippen LogP contribution < -0.4 is 4.74 Å². The number of carbonyl (C=O) groups is 1. The van der Waals surface area contributed by atoms with Gasteiger partial charge in [-0.25, -0.2) is 0 Å². The number of carbonyl (C=O) groups excluding carboxylic acids is 1. The predicted octanol–water partition coefficient (Wildman–Crippen LogP) is 5.47. The zero-order valence-electron chi connectivity index (χ0n) is 13.8. The molecule has 3 rings (SSSR count). The molecule has 1 amide bonds. The van der Waals surface area contributed by atoms with E-state index in [0.29, 0.717) is 22.7 Å². The van der Waals surface area contributed by atoms with Gasteiger partial charge in [-0.15, -0.1) is 10.2 Å². The summed E-state index contributed by atoms with van der Waals surface area (Å²) in [5, 5.41) is 19.1. The second kappa shape index (κ2) is 7.88. The number of aromatic hydroxyl groups is 1. The molecule has 0 aliphatic rings. The standard InChI is InChI=1S/C18H15BrClN3O3/c1-2-23-14-8-7-11(20)9-12(14)17(18(23)25)22-21-16(24)10-26-15-6-4-3-5-13(15)19/h3-9,25H,2,10H2,1H3. The largest absolute Gasteiger partial charge is 0.493 e. The molecule has 6 nitrogen and oxygen atoms in total. The average molecular weight is 437 g/mol. The third kappa shape index (κ3) is 3.73. The van der Waals surface area contributed by atoms with Crippen molar-refractivity contribution in [3.63, 3.8) is 0 Å². The first-order valence-electron chi connectivity index (χ1n) is 7.84. The second-order valence-corrected chi connectivity index (χ2v) is 6.68. The summed E-state index contributed by atoms with van der Waals surface area (Å²) in [6, 6.07) is 12.4. The van der Waals surface area contributed by atoms with Crippen molar-refractivity contribution in [2.75, 3.05) is 6.61 Å². The number of fused-ring (bicyclic) bond motifs is 1. The molecule has 1 heterocycles. The Balaban J connectivity index is 1.82. The molecule has 26 heavy (non-hydrogen) atoms. The highest BCUT2D eigenvalue weighted by atomic mass is 79.9. The van der Waals surface area contributed by atoms with Gasteiger partial charge in [-0.2, -0.15) is 0 Å². The SMILES string of the molecule is CCn1c(O)c(N=NC(=O)COc2ccccc2Br)c2cc(Cl)ccc21. The molecule has 0 radical (unpaired) electrons. The summed E-state index contributed by atoms with van der Waals surface area (Å²) in [6.45, 7) is 2.17. The number of amides is 1. The van der Waals surface area contributed by atoms with E-state index < -0.39 is 5.91 Å². The molecule has 0 saturated heterocycles. The van der Waals surface area contributed by atoms with E-state index in [0.717, 1.165) is 9.99 Å². The Hall–Kier alpha value is -2.38. The summed E-state index contributed by atoms with van der Waals surface area (Å²) in [6.07, 6.45) is 0. The van der Waals surface area contributed by atoms with Crippen LogP contribution in [0.25, 0.3) is 10.9 Å². The molecule has 0 unspecified atom stereocenters. The maximum Gasteiger partial charge on any atom is 0.302 e. The van der Waals surface area contributed by atoms with Gasteiger partial charge in [0.05, 0.1) is 9.99 Å². The first kappa shape index (κ1) is 18.4. The molecule has 0 bridgehead atoms. The van der Waals surface area contributed by atoms with Crippen LogP contribution in [0.15, 0.2) is 57.2 Å². The fraction of sp³-hybridized carbons (Fsp3) is 0.167. The minimum absolute atomic E-state index is 0.0620. The Bertz CT molecular complexity index is 1000. The lowest BCUT2D eigenvalue weighted by Gasteiger charge is -2.04. The van der Waals surface area contributed by atoms with Gasteiger partial charge in [-0.05, 0) is 53.2 Å². The highest BCUT2D eigenvalue weighted by molar-refractivity contribution is 9.10. The highest BCUT2D eigenvalue weighted by Gasteiger charge is 2.16. The Labute approximate surface area is 163 Å². The summed E-state index contributed by atoms with van der Waals surface area (Å²) in [4.78, 5) is 12.0. The summed E-state index contributed by atoms with van der Waals surface area (Å²) < 4.78 is 7.82. The van der Waals surface area contributed by atoms with Crippen molar-refractivity contribution in [3.05, 3.63) is 52.0 Å². The van der Waals surface area contributed by atoms with Crippen molar-refractivity contribution in [1.82, 2.24) is 4.57 Å². The van der Waals surface area contributed by atoms with Crippen LogP contribution >= 0.6 is 27.5 Å². The third-order valence-electron chi connectivity index (χ3n) is 3.74. The fourth-order valence-electron chi connectivity index (χ4n) is 2.55. The third-order valence-corrected chi connectivity index (χ3v) is 4.63. The zero-order chi connectivity index (χ0) is 18.7. The molecule has 8 heteroatoms. The summed E-state index contributed by atoms with van der Waals surface area (Å²) in [5.74, 6) is -0.0964. The molecule has 0 saturated carbocycles. The number of hydrogen-bond donors (Lipinski definition) is 1. The molecule has 1 N–H and O–H groups in total. The van der Waals surface area contributed by atoms with E-state index in [9.17, 15) is 9.90 Å². The van der Waals surface area contributed by atoms with Gasteiger partial charge >= 0.3 is 5.91 Å². The van der Waals surface area contributed by atoms with Crippen LogP contribution in [0.4, 0.5) is 5.69 Å². The summed E-state index contributed by atoms with van der Waals surface area (Å²) in [7, 11) is 0. The van der Waals surface area contributed by atoms with Crippen LogP contribution in [0.2, 0.25) is 5.02 Å². The topological polar surface area (TPSA) is 76.2 Å². The highest BCUT2D eigenvalue weighted by Crippen LogP contribution is 2.39. The molecule has 2 aromatic carbocycles. The molecule has 0 aliphatic heterocycles. The molecular formula is C18H15BrClN3O3. The summed E-state index contributed by atoms with van der Waals surface area (Å²) >= 11 is 9.37. The average Bonchev–Trinajstić information content (AvgIpc) is 2.89. The van der Waals surface area contributed by atoms with Gasteiger partial charge in [0.2, 0.25) is 5.88 Å². The normalized spacial score (nSPS) is 11.3. The molecule has 3 aromatic rings. The van der Waals surface area contributed by atoms with E-state index in [-0.39, 0.29) is 18.2 Å². The lowest BCUT2D eigenvalue weighted by molar-refractivity contribution is -0.120.